The van der Waals surface area contributed by atoms with Crippen molar-refractivity contribution in [1.82, 2.24) is 0 Å². The highest BCUT2D eigenvalue weighted by Gasteiger charge is 2.13. The second kappa shape index (κ2) is 6.43. The van der Waals surface area contributed by atoms with Crippen LogP contribution in [-0.2, 0) is 4.74 Å². The number of hydrogen-bond donors (Lipinski definition) is 1. The Kier molecular flexibility index (Phi) is 5.20. The van der Waals surface area contributed by atoms with Crippen LogP contribution in [0.2, 0.25) is 0 Å². The standard InChI is InChI=1S/C15H23NO2/c1-10(2)9-11(3)16-14-8-6-7-13(12(14)4)15(17)18-5/h6-8,10-11,16H,9H2,1-5H3. The minimum Gasteiger partial charge on any atom is -0.465 e. The molecule has 0 saturated carbocycles. The van der Waals surface area contributed by atoms with E-state index in [1.54, 1.807) is 6.07 Å². The highest BCUT2D eigenvalue weighted by molar-refractivity contribution is 5.92. The number of nitrogens with one attached hydrogen (secondary N) is 1. The maximum atomic E-state index is 11.6. The number of ether oxygens (including phenoxy) is 1. The van der Waals surface area contributed by atoms with E-state index in [1.165, 1.54) is 7.11 Å². The van der Waals surface area contributed by atoms with Crippen molar-refractivity contribution in [2.45, 2.75) is 40.2 Å². The summed E-state index contributed by atoms with van der Waals surface area (Å²) in [5.74, 6) is 0.365. The van der Waals surface area contributed by atoms with E-state index in [0.717, 1.165) is 17.7 Å². The van der Waals surface area contributed by atoms with E-state index < -0.39 is 0 Å². The zero-order chi connectivity index (χ0) is 13.7. The van der Waals surface area contributed by atoms with Gasteiger partial charge in [0.25, 0.3) is 0 Å². The molecule has 1 rings (SSSR count). The number of carbonyl (C=O) groups is 1. The van der Waals surface area contributed by atoms with Gasteiger partial charge in [-0.2, -0.15) is 0 Å². The van der Waals surface area contributed by atoms with Crippen LogP contribution in [0.1, 0.15) is 43.1 Å². The minimum atomic E-state index is -0.285. The van der Waals surface area contributed by atoms with Gasteiger partial charge in [0.2, 0.25) is 0 Å². The van der Waals surface area contributed by atoms with E-state index in [-0.39, 0.29) is 5.97 Å². The third-order valence-electron chi connectivity index (χ3n) is 2.97. The first-order chi connectivity index (χ1) is 8.45. The molecule has 1 N–H and O–H groups in total. The van der Waals surface area contributed by atoms with E-state index in [0.29, 0.717) is 17.5 Å². The molecule has 3 nitrogen and oxygen atoms in total. The van der Waals surface area contributed by atoms with Gasteiger partial charge in [-0.3, -0.25) is 0 Å². The van der Waals surface area contributed by atoms with Crippen molar-refractivity contribution in [1.29, 1.82) is 0 Å². The van der Waals surface area contributed by atoms with Gasteiger partial charge in [0.1, 0.15) is 0 Å². The van der Waals surface area contributed by atoms with E-state index >= 15 is 0 Å². The van der Waals surface area contributed by atoms with Crippen molar-refractivity contribution in [3.8, 4) is 0 Å². The second-order valence-electron chi connectivity index (χ2n) is 5.14. The average Bonchev–Trinajstić information content (AvgIpc) is 2.30. The van der Waals surface area contributed by atoms with Crippen molar-refractivity contribution in [3.63, 3.8) is 0 Å². The zero-order valence-electron chi connectivity index (χ0n) is 11.9. The number of hydrogen-bond acceptors (Lipinski definition) is 3. The fourth-order valence-electron chi connectivity index (χ4n) is 2.15. The van der Waals surface area contributed by atoms with Crippen molar-refractivity contribution in [2.75, 3.05) is 12.4 Å². The molecule has 0 bridgehead atoms. The Morgan fingerprint density at radius 3 is 2.56 bits per heavy atom. The van der Waals surface area contributed by atoms with Crippen LogP contribution in [0.15, 0.2) is 18.2 Å². The second-order valence-corrected chi connectivity index (χ2v) is 5.14. The van der Waals surface area contributed by atoms with Crippen LogP contribution in [-0.4, -0.2) is 19.1 Å². The molecule has 0 aliphatic carbocycles. The molecular formula is C15H23NO2. The molecule has 1 aromatic rings. The molecule has 0 aromatic heterocycles. The van der Waals surface area contributed by atoms with Gasteiger partial charge in [-0.15, -0.1) is 0 Å². The summed E-state index contributed by atoms with van der Waals surface area (Å²) in [7, 11) is 1.41. The molecule has 1 aromatic carbocycles. The Bertz CT molecular complexity index is 413. The number of benzene rings is 1. The number of carbonyl (C=O) groups excluding carboxylic acids is 1. The van der Waals surface area contributed by atoms with Gasteiger partial charge >= 0.3 is 5.97 Å². The smallest absolute Gasteiger partial charge is 0.338 e. The van der Waals surface area contributed by atoms with Gasteiger partial charge in [0.05, 0.1) is 12.7 Å². The van der Waals surface area contributed by atoms with Gasteiger partial charge in [-0.25, -0.2) is 4.79 Å². The largest absolute Gasteiger partial charge is 0.465 e. The van der Waals surface area contributed by atoms with Gasteiger partial charge in [-0.05, 0) is 43.9 Å². The predicted molar refractivity (Wildman–Crippen MR) is 75.1 cm³/mol. The molecule has 0 aliphatic heterocycles. The molecule has 18 heavy (non-hydrogen) atoms. The lowest BCUT2D eigenvalue weighted by atomic mass is 10.0. The highest BCUT2D eigenvalue weighted by Crippen LogP contribution is 2.21. The van der Waals surface area contributed by atoms with Crippen LogP contribution in [0.4, 0.5) is 5.69 Å². The molecule has 1 atom stereocenters. The first-order valence-electron chi connectivity index (χ1n) is 6.40. The summed E-state index contributed by atoms with van der Waals surface area (Å²) in [5, 5.41) is 3.45. The monoisotopic (exact) mass is 249 g/mol. The summed E-state index contributed by atoms with van der Waals surface area (Å²) in [6.07, 6.45) is 1.10. The van der Waals surface area contributed by atoms with Gasteiger partial charge in [0, 0.05) is 11.7 Å². The van der Waals surface area contributed by atoms with Crippen LogP contribution < -0.4 is 5.32 Å². The summed E-state index contributed by atoms with van der Waals surface area (Å²) in [4.78, 5) is 11.6. The molecule has 0 radical (unpaired) electrons. The van der Waals surface area contributed by atoms with Gasteiger partial charge < -0.3 is 10.1 Å². The lowest BCUT2D eigenvalue weighted by Crippen LogP contribution is -2.18. The van der Waals surface area contributed by atoms with Crippen LogP contribution in [0.3, 0.4) is 0 Å². The molecule has 0 spiro atoms. The summed E-state index contributed by atoms with van der Waals surface area (Å²) in [6, 6.07) is 6.05. The van der Waals surface area contributed by atoms with Gasteiger partial charge in [-0.1, -0.05) is 19.9 Å². The van der Waals surface area contributed by atoms with Crippen molar-refractivity contribution < 1.29 is 9.53 Å². The average molecular weight is 249 g/mol. The fourth-order valence-corrected chi connectivity index (χ4v) is 2.15. The predicted octanol–water partition coefficient (Wildman–Crippen LogP) is 3.63. The van der Waals surface area contributed by atoms with Crippen LogP contribution in [0.5, 0.6) is 0 Å². The van der Waals surface area contributed by atoms with Crippen molar-refractivity contribution >= 4 is 11.7 Å². The third-order valence-corrected chi connectivity index (χ3v) is 2.97. The number of anilines is 1. The van der Waals surface area contributed by atoms with Crippen LogP contribution >= 0.6 is 0 Å². The molecular weight excluding hydrogens is 226 g/mol. The topological polar surface area (TPSA) is 38.3 Å². The lowest BCUT2D eigenvalue weighted by Gasteiger charge is -2.19. The molecule has 3 heteroatoms. The van der Waals surface area contributed by atoms with Crippen molar-refractivity contribution in [2.24, 2.45) is 5.92 Å². The highest BCUT2D eigenvalue weighted by atomic mass is 16.5. The van der Waals surface area contributed by atoms with E-state index in [4.69, 9.17) is 4.74 Å². The molecule has 0 saturated heterocycles. The first kappa shape index (κ1) is 14.6. The van der Waals surface area contributed by atoms with Crippen molar-refractivity contribution in [3.05, 3.63) is 29.3 Å². The van der Waals surface area contributed by atoms with E-state index in [9.17, 15) is 4.79 Å². The Labute approximate surface area is 110 Å². The summed E-state index contributed by atoms with van der Waals surface area (Å²) < 4.78 is 4.77. The quantitative estimate of drug-likeness (QED) is 0.810. The molecule has 0 amide bonds. The summed E-state index contributed by atoms with van der Waals surface area (Å²) in [6.45, 7) is 8.51. The van der Waals surface area contributed by atoms with E-state index in [2.05, 4.69) is 26.1 Å². The fraction of sp³-hybridized carbons (Fsp3) is 0.533. The number of esters is 1. The zero-order valence-corrected chi connectivity index (χ0v) is 11.9. The maximum absolute atomic E-state index is 11.6. The Morgan fingerprint density at radius 2 is 2.00 bits per heavy atom. The van der Waals surface area contributed by atoms with Crippen LogP contribution in [0.25, 0.3) is 0 Å². The maximum Gasteiger partial charge on any atom is 0.338 e. The SMILES string of the molecule is COC(=O)c1cccc(NC(C)CC(C)C)c1C. The number of rotatable bonds is 5. The lowest BCUT2D eigenvalue weighted by molar-refractivity contribution is 0.0600. The minimum absolute atomic E-state index is 0.285. The van der Waals surface area contributed by atoms with Crippen LogP contribution in [0, 0.1) is 12.8 Å². The Balaban J connectivity index is 2.87. The molecule has 0 heterocycles. The number of methoxy groups -OCH3 is 1. The first-order valence-corrected chi connectivity index (χ1v) is 6.40. The summed E-state index contributed by atoms with van der Waals surface area (Å²) >= 11 is 0. The Morgan fingerprint density at radius 1 is 1.33 bits per heavy atom. The van der Waals surface area contributed by atoms with E-state index in [1.807, 2.05) is 19.1 Å². The molecule has 0 fully saturated rings. The normalized spacial score (nSPS) is 12.3. The molecule has 0 aliphatic rings. The summed E-state index contributed by atoms with van der Waals surface area (Å²) in [5.41, 5.74) is 2.57. The third kappa shape index (κ3) is 3.76. The molecule has 1 unspecified atom stereocenters. The molecule has 100 valence electrons. The Hall–Kier alpha value is -1.51. The van der Waals surface area contributed by atoms with Gasteiger partial charge in [0.15, 0.2) is 0 Å².